The molecule has 2 heterocycles. The Hall–Kier alpha value is -1.67. The molecule has 2 aliphatic heterocycles. The molecular weight excluding hydrogens is 580 g/mol. The highest BCUT2D eigenvalue weighted by atomic mass is 16.6. The predicted octanol–water partition coefficient (Wildman–Crippen LogP) is 7.36. The van der Waals surface area contributed by atoms with Crippen LogP contribution >= 0.6 is 0 Å². The molecule has 2 N–H and O–H groups in total. The first-order valence-electron chi connectivity index (χ1n) is 18.3. The van der Waals surface area contributed by atoms with E-state index in [1.54, 1.807) is 0 Å². The Kier molecular flexibility index (Phi) is 13.2. The van der Waals surface area contributed by atoms with E-state index in [2.05, 4.69) is 93.7 Å². The maximum atomic E-state index is 13.8. The maximum absolute atomic E-state index is 13.8. The van der Waals surface area contributed by atoms with Crippen molar-refractivity contribution in [3.8, 4) is 0 Å². The molecule has 46 heavy (non-hydrogen) atoms. The second-order valence-corrected chi connectivity index (χ2v) is 18.1. The maximum Gasteiger partial charge on any atom is 0.320 e. The Morgan fingerprint density at radius 2 is 1.09 bits per heavy atom. The van der Waals surface area contributed by atoms with Crippen LogP contribution in [0.4, 0.5) is 0 Å². The molecule has 0 spiro atoms. The van der Waals surface area contributed by atoms with Crippen molar-refractivity contribution < 1.29 is 28.6 Å². The summed E-state index contributed by atoms with van der Waals surface area (Å²) >= 11 is 0. The highest BCUT2D eigenvalue weighted by Gasteiger charge is 2.42. The zero-order valence-corrected chi connectivity index (χ0v) is 31.3. The van der Waals surface area contributed by atoms with E-state index in [0.717, 1.165) is 32.1 Å². The number of hydrogen-bond donors (Lipinski definition) is 2. The van der Waals surface area contributed by atoms with Crippen molar-refractivity contribution in [2.75, 3.05) is 0 Å². The van der Waals surface area contributed by atoms with Crippen LogP contribution in [0.1, 0.15) is 147 Å². The van der Waals surface area contributed by atoms with E-state index in [0.29, 0.717) is 42.9 Å². The van der Waals surface area contributed by atoms with Crippen LogP contribution in [0.2, 0.25) is 0 Å². The molecule has 0 radical (unpaired) electrons. The van der Waals surface area contributed by atoms with Crippen molar-refractivity contribution in [1.82, 2.24) is 10.6 Å². The summed E-state index contributed by atoms with van der Waals surface area (Å²) in [7, 11) is 0. The molecule has 0 aromatic rings. The molecule has 8 heteroatoms. The zero-order valence-electron chi connectivity index (χ0n) is 31.3. The first-order chi connectivity index (χ1) is 21.1. The van der Waals surface area contributed by atoms with E-state index in [4.69, 9.17) is 14.2 Å². The van der Waals surface area contributed by atoms with Crippen LogP contribution in [0.3, 0.4) is 0 Å². The van der Waals surface area contributed by atoms with Crippen LogP contribution in [-0.2, 0) is 28.6 Å². The largest absolute Gasteiger partial charge is 0.462 e. The minimum absolute atomic E-state index is 0.0578. The fourth-order valence-electron chi connectivity index (χ4n) is 8.20. The Morgan fingerprint density at radius 3 is 1.54 bits per heavy atom. The molecule has 0 bridgehead atoms. The number of hydrogen-bond acceptors (Lipinski definition) is 8. The lowest BCUT2D eigenvalue weighted by Gasteiger charge is -2.43. The van der Waals surface area contributed by atoms with Gasteiger partial charge in [-0.15, -0.1) is 0 Å². The SMILES string of the molecule is CC(C)C1CC(OC(=O)C(CCCC(=O)OC2CC(C(C)C)NC(C)(C)C2)C(=O)OC2CC(C(C)C)NC(C)(C)C2)CC(C)(C)C1. The van der Waals surface area contributed by atoms with Crippen molar-refractivity contribution in [2.24, 2.45) is 35.0 Å². The van der Waals surface area contributed by atoms with E-state index in [9.17, 15) is 14.4 Å². The minimum atomic E-state index is -1.06. The lowest BCUT2D eigenvalue weighted by Crippen LogP contribution is -2.56. The van der Waals surface area contributed by atoms with E-state index in [1.165, 1.54) is 0 Å². The normalized spacial score (nSPS) is 31.4. The first-order valence-corrected chi connectivity index (χ1v) is 18.3. The second kappa shape index (κ2) is 15.7. The van der Waals surface area contributed by atoms with Crippen molar-refractivity contribution in [3.63, 3.8) is 0 Å². The van der Waals surface area contributed by atoms with E-state index >= 15 is 0 Å². The van der Waals surface area contributed by atoms with E-state index in [1.807, 2.05) is 0 Å². The second-order valence-electron chi connectivity index (χ2n) is 18.1. The van der Waals surface area contributed by atoms with Crippen LogP contribution in [0.25, 0.3) is 0 Å². The summed E-state index contributed by atoms with van der Waals surface area (Å²) in [6, 6.07) is 0.500. The Balaban J connectivity index is 1.68. The molecule has 0 aromatic heterocycles. The molecule has 7 unspecified atom stereocenters. The molecule has 1 saturated carbocycles. The predicted molar refractivity (Wildman–Crippen MR) is 183 cm³/mol. The summed E-state index contributed by atoms with van der Waals surface area (Å²) in [5, 5.41) is 7.35. The molecule has 266 valence electrons. The molecule has 8 nitrogen and oxygen atoms in total. The quantitative estimate of drug-likeness (QED) is 0.129. The van der Waals surface area contributed by atoms with Gasteiger partial charge in [0.05, 0.1) is 0 Å². The fraction of sp³-hybridized carbons (Fsp3) is 0.921. The van der Waals surface area contributed by atoms with Crippen LogP contribution < -0.4 is 10.6 Å². The monoisotopic (exact) mass is 649 g/mol. The van der Waals surface area contributed by atoms with Gasteiger partial charge in [-0.05, 0) is 88.9 Å². The molecule has 1 aliphatic carbocycles. The van der Waals surface area contributed by atoms with E-state index in [-0.39, 0.29) is 65.7 Å². The third kappa shape index (κ3) is 11.8. The summed E-state index contributed by atoms with van der Waals surface area (Å²) in [6.45, 7) is 26.2. The van der Waals surface area contributed by atoms with E-state index < -0.39 is 17.9 Å². The van der Waals surface area contributed by atoms with Crippen molar-refractivity contribution in [1.29, 1.82) is 0 Å². The summed E-state index contributed by atoms with van der Waals surface area (Å²) in [5.74, 6) is -0.611. The van der Waals surface area contributed by atoms with Gasteiger partial charge in [0.25, 0.3) is 0 Å². The lowest BCUT2D eigenvalue weighted by molar-refractivity contribution is -0.173. The third-order valence-corrected chi connectivity index (χ3v) is 10.7. The van der Waals surface area contributed by atoms with Crippen LogP contribution in [0.5, 0.6) is 0 Å². The first kappa shape index (κ1) is 38.8. The van der Waals surface area contributed by atoms with Gasteiger partial charge in [-0.3, -0.25) is 14.4 Å². The van der Waals surface area contributed by atoms with Crippen molar-refractivity contribution >= 4 is 17.9 Å². The van der Waals surface area contributed by atoms with Crippen molar-refractivity contribution in [2.45, 2.75) is 189 Å². The molecule has 2 saturated heterocycles. The van der Waals surface area contributed by atoms with Gasteiger partial charge in [0.15, 0.2) is 5.92 Å². The number of carbonyl (C=O) groups is 3. The van der Waals surface area contributed by atoms with Crippen molar-refractivity contribution in [3.05, 3.63) is 0 Å². The molecule has 3 fully saturated rings. The standard InChI is InChI=1S/C38H68N2O6/c1-23(2)26-16-27(20-36(7,8)19-26)45-34(42)30(35(43)46-29-18-32(25(5)6)40-38(11,12)22-29)14-13-15-33(41)44-28-17-31(24(3)4)39-37(9,10)21-28/h23-32,39-40H,13-22H2,1-12H3. The van der Waals surface area contributed by atoms with Gasteiger partial charge in [-0.1, -0.05) is 55.4 Å². The number of carbonyl (C=O) groups excluding carboxylic acids is 3. The smallest absolute Gasteiger partial charge is 0.320 e. The zero-order chi connectivity index (χ0) is 34.6. The molecule has 0 amide bonds. The van der Waals surface area contributed by atoms with Crippen LogP contribution in [-0.4, -0.2) is 59.4 Å². The van der Waals surface area contributed by atoms with Gasteiger partial charge in [-0.25, -0.2) is 0 Å². The van der Waals surface area contributed by atoms with Gasteiger partial charge >= 0.3 is 17.9 Å². The number of ether oxygens (including phenoxy) is 3. The minimum Gasteiger partial charge on any atom is -0.462 e. The molecule has 0 aromatic carbocycles. The summed E-state index contributed by atoms with van der Waals surface area (Å²) in [5.41, 5.74) is -0.242. The number of rotatable bonds is 12. The van der Waals surface area contributed by atoms with Gasteiger partial charge in [-0.2, -0.15) is 0 Å². The van der Waals surface area contributed by atoms with Gasteiger partial charge in [0, 0.05) is 55.3 Å². The molecule has 7 atom stereocenters. The third-order valence-electron chi connectivity index (χ3n) is 10.7. The Labute approximate surface area is 280 Å². The molecule has 3 rings (SSSR count). The summed E-state index contributed by atoms with van der Waals surface area (Å²) < 4.78 is 18.2. The number of piperidine rings is 2. The molecular formula is C38H68N2O6. The number of esters is 3. The highest BCUT2D eigenvalue weighted by molar-refractivity contribution is 5.95. The fourth-order valence-corrected chi connectivity index (χ4v) is 8.20. The number of nitrogens with one attached hydrogen (secondary N) is 2. The molecule has 3 aliphatic rings. The lowest BCUT2D eigenvalue weighted by atomic mass is 9.68. The van der Waals surface area contributed by atoms with Gasteiger partial charge < -0.3 is 24.8 Å². The van der Waals surface area contributed by atoms with Crippen LogP contribution in [0.15, 0.2) is 0 Å². The Bertz CT molecular complexity index is 982. The average Bonchev–Trinajstić information content (AvgIpc) is 2.88. The average molecular weight is 649 g/mol. The van der Waals surface area contributed by atoms with Gasteiger partial charge in [0.2, 0.25) is 0 Å². The Morgan fingerprint density at radius 1 is 0.630 bits per heavy atom. The topological polar surface area (TPSA) is 103 Å². The van der Waals surface area contributed by atoms with Gasteiger partial charge in [0.1, 0.15) is 18.3 Å². The summed E-state index contributed by atoms with van der Waals surface area (Å²) in [6.07, 6.45) is 5.63. The van der Waals surface area contributed by atoms with Crippen LogP contribution in [0, 0.1) is 35.0 Å². The summed E-state index contributed by atoms with van der Waals surface area (Å²) in [4.78, 5) is 40.6. The highest BCUT2D eigenvalue weighted by Crippen LogP contribution is 2.43.